The third-order valence-electron chi connectivity index (χ3n) is 3.79. The largest absolute Gasteiger partial charge is 0.484 e. The van der Waals surface area contributed by atoms with Gasteiger partial charge in [0.15, 0.2) is 6.61 Å². The third-order valence-corrected chi connectivity index (χ3v) is 4.10. The molecular formula is C21H21ClFN3O5. The molecule has 0 aliphatic heterocycles. The lowest BCUT2D eigenvalue weighted by atomic mass is 10.2. The number of aromatic nitrogens is 1. The lowest BCUT2D eigenvalue weighted by molar-refractivity contribution is -0.122. The summed E-state index contributed by atoms with van der Waals surface area (Å²) in [5, 5.41) is 5.09. The van der Waals surface area contributed by atoms with Crippen LogP contribution >= 0.6 is 11.6 Å². The maximum absolute atomic E-state index is 13.3. The summed E-state index contributed by atoms with van der Waals surface area (Å²) in [5.74, 6) is -2.01. The van der Waals surface area contributed by atoms with E-state index in [-0.39, 0.29) is 48.2 Å². The van der Waals surface area contributed by atoms with Crippen LogP contribution in [0.15, 0.2) is 48.8 Å². The second kappa shape index (κ2) is 11.7. The normalized spacial score (nSPS) is 10.2. The van der Waals surface area contributed by atoms with Crippen molar-refractivity contribution in [2.75, 3.05) is 19.8 Å². The fourth-order valence-corrected chi connectivity index (χ4v) is 2.44. The highest BCUT2D eigenvalue weighted by Crippen LogP contribution is 2.20. The van der Waals surface area contributed by atoms with Crippen LogP contribution in [-0.2, 0) is 9.53 Å². The highest BCUT2D eigenvalue weighted by molar-refractivity contribution is 6.30. The molecule has 0 saturated carbocycles. The first kappa shape index (κ1) is 23.8. The average Bonchev–Trinajstić information content (AvgIpc) is 2.74. The van der Waals surface area contributed by atoms with Crippen LogP contribution in [0.5, 0.6) is 5.75 Å². The Hall–Kier alpha value is -3.46. The third kappa shape index (κ3) is 7.71. The molecule has 0 unspecified atom stereocenters. The molecule has 0 fully saturated rings. The van der Waals surface area contributed by atoms with Crippen molar-refractivity contribution in [2.45, 2.75) is 13.3 Å². The number of hydrogen-bond donors (Lipinski definition) is 2. The highest BCUT2D eigenvalue weighted by Gasteiger charge is 2.13. The van der Waals surface area contributed by atoms with Crippen molar-refractivity contribution in [3.05, 3.63) is 70.9 Å². The molecule has 10 heteroatoms. The van der Waals surface area contributed by atoms with Gasteiger partial charge in [-0.1, -0.05) is 18.2 Å². The first-order chi connectivity index (χ1) is 14.8. The summed E-state index contributed by atoms with van der Waals surface area (Å²) >= 11 is 5.58. The second-order valence-corrected chi connectivity index (χ2v) is 6.58. The molecule has 2 rings (SSSR count). The van der Waals surface area contributed by atoms with E-state index in [1.54, 1.807) is 6.92 Å². The first-order valence-corrected chi connectivity index (χ1v) is 9.64. The van der Waals surface area contributed by atoms with E-state index in [9.17, 15) is 18.8 Å². The van der Waals surface area contributed by atoms with E-state index in [1.807, 2.05) is 0 Å². The van der Waals surface area contributed by atoms with Gasteiger partial charge < -0.3 is 20.1 Å². The van der Waals surface area contributed by atoms with Crippen LogP contribution in [0.2, 0.25) is 5.02 Å². The number of rotatable bonds is 10. The number of benzene rings is 1. The molecule has 0 radical (unpaired) electrons. The van der Waals surface area contributed by atoms with Crippen LogP contribution in [-0.4, -0.2) is 42.5 Å². The molecule has 0 spiro atoms. The van der Waals surface area contributed by atoms with Crippen LogP contribution in [0.25, 0.3) is 0 Å². The van der Waals surface area contributed by atoms with Crippen LogP contribution in [0.4, 0.5) is 4.39 Å². The maximum atomic E-state index is 13.3. The Labute approximate surface area is 183 Å². The van der Waals surface area contributed by atoms with Crippen molar-refractivity contribution in [1.29, 1.82) is 0 Å². The number of amides is 2. The predicted octanol–water partition coefficient (Wildman–Crippen LogP) is 2.88. The smallest absolute Gasteiger partial charge is 0.338 e. The molecule has 0 aliphatic carbocycles. The van der Waals surface area contributed by atoms with Crippen molar-refractivity contribution in [3.63, 3.8) is 0 Å². The molecule has 164 valence electrons. The summed E-state index contributed by atoms with van der Waals surface area (Å²) in [6, 6.07) is 6.62. The lowest BCUT2D eigenvalue weighted by Crippen LogP contribution is -2.31. The molecule has 31 heavy (non-hydrogen) atoms. The van der Waals surface area contributed by atoms with Crippen molar-refractivity contribution < 1.29 is 28.2 Å². The molecule has 1 aromatic carbocycles. The average molecular weight is 450 g/mol. The number of esters is 1. The Morgan fingerprint density at radius 3 is 2.71 bits per heavy atom. The van der Waals surface area contributed by atoms with E-state index in [1.165, 1.54) is 30.5 Å². The fourth-order valence-electron chi connectivity index (χ4n) is 2.32. The zero-order valence-electron chi connectivity index (χ0n) is 16.7. The van der Waals surface area contributed by atoms with Crippen molar-refractivity contribution in [1.82, 2.24) is 15.6 Å². The lowest BCUT2D eigenvalue weighted by Gasteiger charge is -2.11. The van der Waals surface area contributed by atoms with Gasteiger partial charge in [-0.3, -0.25) is 14.6 Å². The SMILES string of the molecule is C=C(CCNC(=O)c1cc(C(=O)OCC)ccn1)NC(=O)COc1ccc(Cl)c(F)c1. The number of pyridine rings is 1. The summed E-state index contributed by atoms with van der Waals surface area (Å²) in [7, 11) is 0. The first-order valence-electron chi connectivity index (χ1n) is 9.27. The van der Waals surface area contributed by atoms with Crippen LogP contribution < -0.4 is 15.4 Å². The quantitative estimate of drug-likeness (QED) is 0.540. The minimum Gasteiger partial charge on any atom is -0.484 e. The van der Waals surface area contributed by atoms with E-state index < -0.39 is 23.6 Å². The molecule has 0 aliphatic rings. The summed E-state index contributed by atoms with van der Waals surface area (Å²) in [6.07, 6.45) is 1.59. The highest BCUT2D eigenvalue weighted by atomic mass is 35.5. The Bertz CT molecular complexity index is 983. The van der Waals surface area contributed by atoms with Crippen molar-refractivity contribution in [2.24, 2.45) is 0 Å². The molecule has 0 atom stereocenters. The number of ether oxygens (including phenoxy) is 2. The summed E-state index contributed by atoms with van der Waals surface area (Å²) in [5.41, 5.74) is 0.632. The van der Waals surface area contributed by atoms with E-state index in [0.717, 1.165) is 6.07 Å². The zero-order valence-corrected chi connectivity index (χ0v) is 17.5. The van der Waals surface area contributed by atoms with E-state index in [2.05, 4.69) is 22.2 Å². The van der Waals surface area contributed by atoms with Gasteiger partial charge in [0.25, 0.3) is 11.8 Å². The Morgan fingerprint density at radius 1 is 1.23 bits per heavy atom. The summed E-state index contributed by atoms with van der Waals surface area (Å²) < 4.78 is 23.4. The second-order valence-electron chi connectivity index (χ2n) is 6.17. The molecular weight excluding hydrogens is 429 g/mol. The number of carbonyl (C=O) groups excluding carboxylic acids is 3. The van der Waals surface area contributed by atoms with Gasteiger partial charge in [-0.05, 0) is 31.2 Å². The van der Waals surface area contributed by atoms with Gasteiger partial charge in [0.1, 0.15) is 17.3 Å². The number of halogens is 2. The van der Waals surface area contributed by atoms with Crippen LogP contribution in [0, 0.1) is 5.82 Å². The number of hydrogen-bond acceptors (Lipinski definition) is 6. The Balaban J connectivity index is 1.74. The summed E-state index contributed by atoms with van der Waals surface area (Å²) in [6.45, 7) is 5.44. The molecule has 1 heterocycles. The maximum Gasteiger partial charge on any atom is 0.338 e. The van der Waals surface area contributed by atoms with E-state index in [4.69, 9.17) is 21.1 Å². The van der Waals surface area contributed by atoms with Gasteiger partial charge in [-0.15, -0.1) is 0 Å². The van der Waals surface area contributed by atoms with E-state index >= 15 is 0 Å². The topological polar surface area (TPSA) is 107 Å². The zero-order chi connectivity index (χ0) is 22.8. The molecule has 0 saturated heterocycles. The predicted molar refractivity (Wildman–Crippen MR) is 111 cm³/mol. The number of carbonyl (C=O) groups is 3. The van der Waals surface area contributed by atoms with Gasteiger partial charge in [-0.2, -0.15) is 0 Å². The van der Waals surface area contributed by atoms with Gasteiger partial charge >= 0.3 is 5.97 Å². The van der Waals surface area contributed by atoms with Crippen LogP contribution in [0.3, 0.4) is 0 Å². The fraction of sp³-hybridized carbons (Fsp3) is 0.238. The Morgan fingerprint density at radius 2 is 2.00 bits per heavy atom. The van der Waals surface area contributed by atoms with E-state index in [0.29, 0.717) is 5.70 Å². The van der Waals surface area contributed by atoms with Gasteiger partial charge in [0.2, 0.25) is 0 Å². The molecule has 8 nitrogen and oxygen atoms in total. The molecule has 0 bridgehead atoms. The van der Waals surface area contributed by atoms with Gasteiger partial charge in [0, 0.05) is 30.9 Å². The standard InChI is InChI=1S/C21H21ClFN3O5/c1-3-30-21(29)14-7-9-24-18(10-14)20(28)25-8-6-13(2)26-19(27)12-31-15-4-5-16(22)17(23)11-15/h4-5,7,9-11H,2-3,6,8,12H2,1H3,(H,25,28)(H,26,27). The van der Waals surface area contributed by atoms with Gasteiger partial charge in [-0.25, -0.2) is 9.18 Å². The summed E-state index contributed by atoms with van der Waals surface area (Å²) in [4.78, 5) is 39.7. The monoisotopic (exact) mass is 449 g/mol. The molecule has 2 aromatic rings. The molecule has 2 amide bonds. The van der Waals surface area contributed by atoms with Crippen molar-refractivity contribution >= 4 is 29.4 Å². The molecule has 1 aromatic heterocycles. The Kier molecular flexibility index (Phi) is 8.95. The number of nitrogens with one attached hydrogen (secondary N) is 2. The van der Waals surface area contributed by atoms with Crippen LogP contribution in [0.1, 0.15) is 34.2 Å². The van der Waals surface area contributed by atoms with Crippen molar-refractivity contribution in [3.8, 4) is 5.75 Å². The molecule has 2 N–H and O–H groups in total. The van der Waals surface area contributed by atoms with Gasteiger partial charge in [0.05, 0.1) is 17.2 Å². The minimum absolute atomic E-state index is 0.0463. The minimum atomic E-state index is -0.651. The number of nitrogens with zero attached hydrogens (tertiary/aromatic N) is 1.